The highest BCUT2D eigenvalue weighted by atomic mass is 16.6. The lowest BCUT2D eigenvalue weighted by Gasteiger charge is -2.31. The molecule has 12 heteroatoms. The fourth-order valence-corrected chi connectivity index (χ4v) is 6.44. The van der Waals surface area contributed by atoms with Gasteiger partial charge in [-0.15, -0.1) is 6.58 Å². The Balaban J connectivity index is 1.49. The highest BCUT2D eigenvalue weighted by Gasteiger charge is 2.61. The molecule has 1 saturated heterocycles. The van der Waals surface area contributed by atoms with Gasteiger partial charge in [0.2, 0.25) is 5.91 Å². The minimum atomic E-state index is -1.29. The SMILES string of the molecule is C=C[C@@H]1C[C@]1(CC(=O)[C@@H]1C[C@@H](Oc2cc(-c3ccccc3)nc3cc(OC)ccc23)CN1C(=O)[C@H](CN)N=C([O-])OC(C)(C)C)C(=O)OCC. The van der Waals surface area contributed by atoms with Crippen molar-refractivity contribution in [3.8, 4) is 22.8 Å². The summed E-state index contributed by atoms with van der Waals surface area (Å²) >= 11 is 0. The van der Waals surface area contributed by atoms with Crippen LogP contribution in [0, 0.1) is 11.3 Å². The van der Waals surface area contributed by atoms with Gasteiger partial charge in [0.05, 0.1) is 42.9 Å². The number of methoxy groups -OCH3 is 1. The molecule has 0 spiro atoms. The lowest BCUT2D eigenvalue weighted by molar-refractivity contribution is -0.261. The molecule has 2 heterocycles. The topological polar surface area (TPSA) is 166 Å². The summed E-state index contributed by atoms with van der Waals surface area (Å²) in [6, 6.07) is 14.7. The van der Waals surface area contributed by atoms with Crippen molar-refractivity contribution in [1.82, 2.24) is 9.88 Å². The molecule has 1 aromatic heterocycles. The van der Waals surface area contributed by atoms with Crippen LogP contribution in [0.2, 0.25) is 0 Å². The van der Waals surface area contributed by atoms with Gasteiger partial charge in [-0.05, 0) is 31.4 Å². The van der Waals surface area contributed by atoms with E-state index in [2.05, 4.69) is 11.6 Å². The highest BCUT2D eigenvalue weighted by molar-refractivity contribution is 5.96. The zero-order valence-electron chi connectivity index (χ0n) is 29.2. The number of carbonyl (C=O) groups is 3. The first-order chi connectivity index (χ1) is 23.8. The molecule has 1 aliphatic heterocycles. The third-order valence-corrected chi connectivity index (χ3v) is 9.01. The minimum absolute atomic E-state index is 0.00745. The fourth-order valence-electron chi connectivity index (χ4n) is 6.44. The quantitative estimate of drug-likeness (QED) is 0.121. The molecule has 1 amide bonds. The summed E-state index contributed by atoms with van der Waals surface area (Å²) in [5, 5.41) is 13.3. The maximum absolute atomic E-state index is 14.2. The number of aromatic nitrogens is 1. The Morgan fingerprint density at radius 1 is 1.18 bits per heavy atom. The number of hydrogen-bond acceptors (Lipinski definition) is 11. The van der Waals surface area contributed by atoms with Gasteiger partial charge in [0.1, 0.15) is 29.7 Å². The highest BCUT2D eigenvalue weighted by Crippen LogP contribution is 2.57. The smallest absolute Gasteiger partial charge is 0.313 e. The van der Waals surface area contributed by atoms with Crippen molar-refractivity contribution in [3.63, 3.8) is 0 Å². The van der Waals surface area contributed by atoms with Crippen LogP contribution in [0.4, 0.5) is 0 Å². The Hall–Kier alpha value is -4.97. The maximum atomic E-state index is 14.2. The third kappa shape index (κ3) is 7.91. The van der Waals surface area contributed by atoms with Gasteiger partial charge < -0.3 is 34.7 Å². The van der Waals surface area contributed by atoms with Crippen LogP contribution in [0.5, 0.6) is 11.5 Å². The van der Waals surface area contributed by atoms with E-state index in [1.54, 1.807) is 46.9 Å². The van der Waals surface area contributed by atoms with E-state index in [0.717, 1.165) is 5.56 Å². The number of carbonyl (C=O) groups excluding carboxylic acids is 3. The number of rotatable bonds is 13. The number of ketones is 1. The molecular weight excluding hydrogens is 640 g/mol. The Labute approximate surface area is 292 Å². The van der Waals surface area contributed by atoms with Crippen molar-refractivity contribution in [2.75, 3.05) is 26.8 Å². The number of likely N-dealkylation sites (tertiary alicyclic amines) is 1. The number of ether oxygens (including phenoxy) is 4. The molecule has 5 atom stereocenters. The second kappa shape index (κ2) is 14.9. The minimum Gasteiger partial charge on any atom is -0.595 e. The van der Waals surface area contributed by atoms with Crippen LogP contribution in [0.3, 0.4) is 0 Å². The number of Topliss-reactive ketones (excluding diaryl/α,β-unsaturated/α-hetero) is 1. The van der Waals surface area contributed by atoms with E-state index >= 15 is 0 Å². The van der Waals surface area contributed by atoms with Crippen molar-refractivity contribution >= 4 is 34.6 Å². The first-order valence-electron chi connectivity index (χ1n) is 16.8. The summed E-state index contributed by atoms with van der Waals surface area (Å²) in [6.07, 6.45) is 0.498. The van der Waals surface area contributed by atoms with Crippen LogP contribution in [-0.4, -0.2) is 84.2 Å². The number of benzene rings is 2. The van der Waals surface area contributed by atoms with Crippen molar-refractivity contribution in [2.24, 2.45) is 22.1 Å². The summed E-state index contributed by atoms with van der Waals surface area (Å²) < 4.78 is 22.7. The number of allylic oxidation sites excluding steroid dienone is 1. The van der Waals surface area contributed by atoms with Gasteiger partial charge in [0, 0.05) is 48.1 Å². The standard InChI is InChI=1S/C38H46N4O8/c1-7-24-19-38(24,35(45)48-8-2)20-32(43)31-17-26(22-42(31)34(44)30(21-39)41-36(46)50-37(3,4)5)49-33-18-28(23-12-10-9-11-13-23)40-29-16-25(47-6)14-15-27(29)33/h7,9-16,18,24,26,30-31H,1,8,17,19-22,39H2,2-6H3,(H,41,46)/p-1/t24-,26-,30+,31+,38-/m1/s1. The molecule has 0 radical (unpaired) electrons. The number of pyridine rings is 1. The second-order valence-electron chi connectivity index (χ2n) is 13.7. The Morgan fingerprint density at radius 3 is 2.54 bits per heavy atom. The summed E-state index contributed by atoms with van der Waals surface area (Å²) in [7, 11) is 1.58. The lowest BCUT2D eigenvalue weighted by Crippen LogP contribution is -2.49. The van der Waals surface area contributed by atoms with Gasteiger partial charge in [0.15, 0.2) is 5.78 Å². The number of aliphatic imine (C=N–C) groups is 1. The van der Waals surface area contributed by atoms with Crippen LogP contribution >= 0.6 is 0 Å². The zero-order valence-corrected chi connectivity index (χ0v) is 29.2. The summed E-state index contributed by atoms with van der Waals surface area (Å²) in [6.45, 7) is 10.5. The van der Waals surface area contributed by atoms with Gasteiger partial charge in [0.25, 0.3) is 0 Å². The predicted molar refractivity (Wildman–Crippen MR) is 186 cm³/mol. The van der Waals surface area contributed by atoms with E-state index in [0.29, 0.717) is 34.5 Å². The van der Waals surface area contributed by atoms with Crippen LogP contribution in [0.25, 0.3) is 22.2 Å². The number of fused-ring (bicyclic) bond motifs is 1. The summed E-state index contributed by atoms with van der Waals surface area (Å²) in [5.41, 5.74) is 6.26. The van der Waals surface area contributed by atoms with Gasteiger partial charge in [-0.1, -0.05) is 57.2 Å². The molecule has 12 nitrogen and oxygen atoms in total. The molecule has 266 valence electrons. The monoisotopic (exact) mass is 685 g/mol. The summed E-state index contributed by atoms with van der Waals surface area (Å²) in [5.74, 6) is -0.498. The van der Waals surface area contributed by atoms with E-state index in [1.807, 2.05) is 48.5 Å². The number of nitrogens with zero attached hydrogens (tertiary/aromatic N) is 3. The van der Waals surface area contributed by atoms with Crippen LogP contribution in [0.1, 0.15) is 47.0 Å². The van der Waals surface area contributed by atoms with Crippen molar-refractivity contribution < 1.29 is 38.4 Å². The first-order valence-corrected chi connectivity index (χ1v) is 16.8. The van der Waals surface area contributed by atoms with Gasteiger partial charge in [-0.25, -0.2) is 4.98 Å². The Bertz CT molecular complexity index is 1770. The Morgan fingerprint density at radius 2 is 1.92 bits per heavy atom. The lowest BCUT2D eigenvalue weighted by atomic mass is 9.92. The molecule has 2 aromatic carbocycles. The number of esters is 1. The molecular formula is C38H45N4O8-. The van der Waals surface area contributed by atoms with Gasteiger partial charge >= 0.3 is 5.97 Å². The van der Waals surface area contributed by atoms with E-state index in [4.69, 9.17) is 29.7 Å². The third-order valence-electron chi connectivity index (χ3n) is 9.01. The zero-order chi connectivity index (χ0) is 36.2. The average Bonchev–Trinajstić information content (AvgIpc) is 3.65. The van der Waals surface area contributed by atoms with Gasteiger partial charge in [-0.3, -0.25) is 19.4 Å². The molecule has 50 heavy (non-hydrogen) atoms. The van der Waals surface area contributed by atoms with E-state index in [1.165, 1.54) is 4.90 Å². The molecule has 1 aliphatic carbocycles. The second-order valence-corrected chi connectivity index (χ2v) is 13.7. The normalized spacial score (nSPS) is 22.5. The molecule has 2 N–H and O–H groups in total. The van der Waals surface area contributed by atoms with Gasteiger partial charge in [-0.2, -0.15) is 0 Å². The Kier molecular flexibility index (Phi) is 10.8. The van der Waals surface area contributed by atoms with Crippen molar-refractivity contribution in [2.45, 2.75) is 70.7 Å². The predicted octanol–water partition coefficient (Wildman–Crippen LogP) is 3.83. The van der Waals surface area contributed by atoms with Crippen LogP contribution in [-0.2, 0) is 23.9 Å². The average molecular weight is 686 g/mol. The molecule has 0 bridgehead atoms. The van der Waals surface area contributed by atoms with Crippen LogP contribution in [0.15, 0.2) is 72.2 Å². The van der Waals surface area contributed by atoms with E-state index in [9.17, 15) is 19.5 Å². The number of hydrogen-bond donors (Lipinski definition) is 1. The molecule has 3 aromatic rings. The number of amides is 1. The molecule has 1 saturated carbocycles. The van der Waals surface area contributed by atoms with Crippen molar-refractivity contribution in [1.29, 1.82) is 0 Å². The molecule has 0 unspecified atom stereocenters. The molecule has 2 aliphatic rings. The maximum Gasteiger partial charge on any atom is 0.313 e. The summed E-state index contributed by atoms with van der Waals surface area (Å²) in [4.78, 5) is 51.4. The molecule has 2 fully saturated rings. The number of nitrogens with two attached hydrogens (primary N) is 1. The van der Waals surface area contributed by atoms with Crippen LogP contribution < -0.4 is 20.3 Å². The van der Waals surface area contributed by atoms with Crippen molar-refractivity contribution in [3.05, 3.63) is 67.3 Å². The molecule has 5 rings (SSSR count). The largest absolute Gasteiger partial charge is 0.595 e. The van der Waals surface area contributed by atoms with E-state index in [-0.39, 0.29) is 44.2 Å². The fraction of sp³-hybridized carbons (Fsp3) is 0.447. The van der Waals surface area contributed by atoms with E-state index < -0.39 is 47.2 Å². The first kappa shape index (κ1) is 36.3.